The van der Waals surface area contributed by atoms with Crippen LogP contribution < -0.4 is 10.6 Å². The van der Waals surface area contributed by atoms with Crippen LogP contribution in [-0.4, -0.2) is 30.8 Å². The lowest BCUT2D eigenvalue weighted by atomic mass is 10.4. The molecule has 0 bridgehead atoms. The summed E-state index contributed by atoms with van der Waals surface area (Å²) in [5.74, 6) is 0.233. The van der Waals surface area contributed by atoms with Crippen molar-refractivity contribution in [1.29, 1.82) is 5.41 Å². The van der Waals surface area contributed by atoms with Crippen LogP contribution in [0.25, 0.3) is 0 Å². The normalized spacial score (nSPS) is 12.3. The molecule has 0 fully saturated rings. The van der Waals surface area contributed by atoms with Gasteiger partial charge >= 0.3 is 0 Å². The van der Waals surface area contributed by atoms with Gasteiger partial charge in [-0.05, 0) is 6.92 Å². The van der Waals surface area contributed by atoms with Crippen molar-refractivity contribution in [2.45, 2.75) is 13.0 Å². The Bertz CT molecular complexity index is 94.2. The van der Waals surface area contributed by atoms with Crippen LogP contribution in [0, 0.1) is 5.41 Å². The van der Waals surface area contributed by atoms with Crippen molar-refractivity contribution in [2.24, 2.45) is 0 Å². The monoisotopic (exact) mass is 131 g/mol. The van der Waals surface area contributed by atoms with Gasteiger partial charge in [0.1, 0.15) is 0 Å². The van der Waals surface area contributed by atoms with E-state index in [1.807, 2.05) is 0 Å². The molecule has 1 atom stereocenters. The lowest BCUT2D eigenvalue weighted by molar-refractivity contribution is 0.263. The van der Waals surface area contributed by atoms with Gasteiger partial charge in [-0.25, -0.2) is 0 Å². The lowest BCUT2D eigenvalue weighted by Gasteiger charge is -2.11. The first kappa shape index (κ1) is 8.23. The van der Waals surface area contributed by atoms with Crippen LogP contribution in [0.3, 0.4) is 0 Å². The van der Waals surface area contributed by atoms with Crippen LogP contribution in [0.5, 0.6) is 0 Å². The predicted molar refractivity (Wildman–Crippen MR) is 36.5 cm³/mol. The van der Waals surface area contributed by atoms with Crippen LogP contribution in [0.1, 0.15) is 6.92 Å². The Morgan fingerprint density at radius 3 is 2.67 bits per heavy atom. The van der Waals surface area contributed by atoms with Gasteiger partial charge in [0, 0.05) is 13.1 Å². The molecule has 0 aliphatic rings. The smallest absolute Gasteiger partial charge is 0.188 e. The van der Waals surface area contributed by atoms with Gasteiger partial charge in [0.25, 0.3) is 0 Å². The fourth-order valence-corrected chi connectivity index (χ4v) is 0.364. The first-order valence-electron chi connectivity index (χ1n) is 2.84. The minimum absolute atomic E-state index is 0.0457. The minimum Gasteiger partial charge on any atom is -0.394 e. The number of guanidine groups is 1. The molecule has 0 aliphatic carbocycles. The van der Waals surface area contributed by atoms with Crippen molar-refractivity contribution in [1.82, 2.24) is 10.6 Å². The highest BCUT2D eigenvalue weighted by atomic mass is 16.3. The topological polar surface area (TPSA) is 68.1 Å². The Kier molecular flexibility index (Phi) is 3.79. The molecule has 0 aromatic rings. The first-order chi connectivity index (χ1) is 4.20. The summed E-state index contributed by atoms with van der Waals surface area (Å²) in [6.45, 7) is 1.84. The average molecular weight is 131 g/mol. The Morgan fingerprint density at radius 1 is 1.78 bits per heavy atom. The van der Waals surface area contributed by atoms with Crippen LogP contribution in [0.2, 0.25) is 0 Å². The van der Waals surface area contributed by atoms with Gasteiger partial charge < -0.3 is 15.7 Å². The van der Waals surface area contributed by atoms with Gasteiger partial charge in [-0.15, -0.1) is 0 Å². The van der Waals surface area contributed by atoms with E-state index in [1.54, 1.807) is 14.0 Å². The van der Waals surface area contributed by atoms with Gasteiger partial charge in [-0.3, -0.25) is 5.41 Å². The van der Waals surface area contributed by atoms with Crippen molar-refractivity contribution in [3.8, 4) is 0 Å². The second-order valence-electron chi connectivity index (χ2n) is 1.85. The second-order valence-corrected chi connectivity index (χ2v) is 1.85. The molecule has 4 heteroatoms. The zero-order valence-corrected chi connectivity index (χ0v) is 5.73. The molecule has 0 saturated carbocycles. The Balaban J connectivity index is 3.34. The molecule has 0 rings (SSSR count). The van der Waals surface area contributed by atoms with Gasteiger partial charge in [-0.1, -0.05) is 0 Å². The van der Waals surface area contributed by atoms with Gasteiger partial charge in [0.2, 0.25) is 0 Å². The third kappa shape index (κ3) is 3.78. The molecule has 1 unspecified atom stereocenters. The summed E-state index contributed by atoms with van der Waals surface area (Å²) in [6.07, 6.45) is 0. The van der Waals surface area contributed by atoms with E-state index >= 15 is 0 Å². The zero-order valence-electron chi connectivity index (χ0n) is 5.73. The SMILES string of the molecule is CNC(=N)NC(C)CO. The highest BCUT2D eigenvalue weighted by Gasteiger charge is 1.97. The van der Waals surface area contributed by atoms with E-state index in [2.05, 4.69) is 10.6 Å². The zero-order chi connectivity index (χ0) is 7.28. The molecule has 0 aromatic carbocycles. The maximum absolute atomic E-state index is 8.49. The molecule has 0 saturated heterocycles. The standard InChI is InChI=1S/C5H13N3O/c1-4(3-9)8-5(6)7-2/h4,9H,3H2,1-2H3,(H3,6,7,8). The third-order valence-electron chi connectivity index (χ3n) is 0.915. The maximum atomic E-state index is 8.49. The number of hydrogen-bond acceptors (Lipinski definition) is 2. The second kappa shape index (κ2) is 4.14. The molecule has 0 spiro atoms. The van der Waals surface area contributed by atoms with Crippen LogP contribution in [-0.2, 0) is 0 Å². The van der Waals surface area contributed by atoms with E-state index in [0.29, 0.717) is 0 Å². The largest absolute Gasteiger partial charge is 0.394 e. The lowest BCUT2D eigenvalue weighted by Crippen LogP contribution is -2.41. The summed E-state index contributed by atoms with van der Waals surface area (Å²) < 4.78 is 0. The van der Waals surface area contributed by atoms with E-state index in [-0.39, 0.29) is 18.6 Å². The molecule has 0 heterocycles. The molecule has 4 N–H and O–H groups in total. The van der Waals surface area contributed by atoms with Gasteiger partial charge in [0.15, 0.2) is 5.96 Å². The summed E-state index contributed by atoms with van der Waals surface area (Å²) in [6, 6.07) is -0.0510. The number of nitrogens with one attached hydrogen (secondary N) is 3. The minimum atomic E-state index is -0.0510. The van der Waals surface area contributed by atoms with Gasteiger partial charge in [-0.2, -0.15) is 0 Å². The molecule has 0 aliphatic heterocycles. The maximum Gasteiger partial charge on any atom is 0.188 e. The molecule has 4 nitrogen and oxygen atoms in total. The van der Waals surface area contributed by atoms with Crippen molar-refractivity contribution in [3.63, 3.8) is 0 Å². The van der Waals surface area contributed by atoms with E-state index in [1.165, 1.54) is 0 Å². The molecular weight excluding hydrogens is 118 g/mol. The molecule has 0 aromatic heterocycles. The summed E-state index contributed by atoms with van der Waals surface area (Å²) >= 11 is 0. The van der Waals surface area contributed by atoms with Crippen LogP contribution >= 0.6 is 0 Å². The fraction of sp³-hybridized carbons (Fsp3) is 0.800. The fourth-order valence-electron chi connectivity index (χ4n) is 0.364. The van der Waals surface area contributed by atoms with Crippen LogP contribution in [0.15, 0.2) is 0 Å². The predicted octanol–water partition coefficient (Wildman–Crippen LogP) is -0.889. The number of aliphatic hydroxyl groups excluding tert-OH is 1. The molecule has 54 valence electrons. The summed E-state index contributed by atoms with van der Waals surface area (Å²) in [4.78, 5) is 0. The first-order valence-corrected chi connectivity index (χ1v) is 2.84. The number of hydrogen-bond donors (Lipinski definition) is 4. The Labute approximate surface area is 54.8 Å². The Morgan fingerprint density at radius 2 is 2.33 bits per heavy atom. The molecular formula is C5H13N3O. The quantitative estimate of drug-likeness (QED) is 0.290. The van der Waals surface area contributed by atoms with Crippen LogP contribution in [0.4, 0.5) is 0 Å². The third-order valence-corrected chi connectivity index (χ3v) is 0.915. The average Bonchev–Trinajstić information content (AvgIpc) is 1.87. The van der Waals surface area contributed by atoms with E-state index in [9.17, 15) is 0 Å². The van der Waals surface area contributed by atoms with Crippen molar-refractivity contribution in [2.75, 3.05) is 13.7 Å². The molecule has 0 radical (unpaired) electrons. The molecule has 9 heavy (non-hydrogen) atoms. The number of aliphatic hydroxyl groups is 1. The molecule has 0 amide bonds. The Hall–Kier alpha value is -0.770. The summed E-state index contributed by atoms with van der Waals surface area (Å²) in [5, 5.41) is 20.8. The highest BCUT2D eigenvalue weighted by molar-refractivity contribution is 5.76. The van der Waals surface area contributed by atoms with Crippen molar-refractivity contribution < 1.29 is 5.11 Å². The summed E-state index contributed by atoms with van der Waals surface area (Å²) in [5.41, 5.74) is 0. The highest BCUT2D eigenvalue weighted by Crippen LogP contribution is 1.74. The van der Waals surface area contributed by atoms with E-state index in [0.717, 1.165) is 0 Å². The van der Waals surface area contributed by atoms with Crippen molar-refractivity contribution in [3.05, 3.63) is 0 Å². The summed E-state index contributed by atoms with van der Waals surface area (Å²) in [7, 11) is 1.65. The van der Waals surface area contributed by atoms with Crippen molar-refractivity contribution >= 4 is 5.96 Å². The number of rotatable bonds is 2. The van der Waals surface area contributed by atoms with E-state index < -0.39 is 0 Å². The van der Waals surface area contributed by atoms with E-state index in [4.69, 9.17) is 10.5 Å². The van der Waals surface area contributed by atoms with Gasteiger partial charge in [0.05, 0.1) is 6.61 Å².